The highest BCUT2D eigenvalue weighted by Gasteiger charge is 2.29. The standard InChI is InChI=1S/C20H21ClN4O4S/c1-22-17-8-7-14(13-15(17)19(26)23(2)20(22)27)30(28,29)25-11-9-24(10-12-25)18-6-4-3-5-16(18)21/h3-8,13H,9-12H2,1-2H3. The van der Waals surface area contributed by atoms with Crippen LogP contribution in [0.3, 0.4) is 0 Å². The largest absolute Gasteiger partial charge is 0.368 e. The van der Waals surface area contributed by atoms with Gasteiger partial charge >= 0.3 is 5.69 Å². The Morgan fingerprint density at radius 1 is 0.900 bits per heavy atom. The first-order valence-electron chi connectivity index (χ1n) is 9.41. The van der Waals surface area contributed by atoms with Gasteiger partial charge in [0.25, 0.3) is 5.56 Å². The van der Waals surface area contributed by atoms with E-state index in [-0.39, 0.29) is 10.3 Å². The summed E-state index contributed by atoms with van der Waals surface area (Å²) in [7, 11) is -0.862. The molecule has 0 radical (unpaired) electrons. The van der Waals surface area contributed by atoms with Crippen molar-refractivity contribution in [1.29, 1.82) is 0 Å². The number of nitrogens with zero attached hydrogens (tertiary/aromatic N) is 4. The highest BCUT2D eigenvalue weighted by atomic mass is 35.5. The molecular weight excluding hydrogens is 428 g/mol. The number of para-hydroxylation sites is 1. The monoisotopic (exact) mass is 448 g/mol. The van der Waals surface area contributed by atoms with Crippen LogP contribution < -0.4 is 16.1 Å². The van der Waals surface area contributed by atoms with Gasteiger partial charge in [-0.05, 0) is 30.3 Å². The number of hydrogen-bond acceptors (Lipinski definition) is 5. The predicted octanol–water partition coefficient (Wildman–Crippen LogP) is 1.40. The maximum Gasteiger partial charge on any atom is 0.330 e. The summed E-state index contributed by atoms with van der Waals surface area (Å²) < 4.78 is 30.1. The number of hydrogen-bond donors (Lipinski definition) is 0. The molecule has 8 nitrogen and oxygen atoms in total. The summed E-state index contributed by atoms with van der Waals surface area (Å²) in [5.74, 6) is 0. The van der Waals surface area contributed by atoms with Crippen LogP contribution in [0.2, 0.25) is 5.02 Å². The summed E-state index contributed by atoms with van der Waals surface area (Å²) in [6.45, 7) is 1.62. The van der Waals surface area contributed by atoms with Crippen molar-refractivity contribution in [1.82, 2.24) is 13.4 Å². The number of fused-ring (bicyclic) bond motifs is 1. The fraction of sp³-hybridized carbons (Fsp3) is 0.300. The summed E-state index contributed by atoms with van der Waals surface area (Å²) in [4.78, 5) is 26.7. The Hall–Kier alpha value is -2.62. The first-order chi connectivity index (χ1) is 14.2. The molecule has 0 saturated carbocycles. The number of aryl methyl sites for hydroxylation is 1. The van der Waals surface area contributed by atoms with Gasteiger partial charge in [-0.15, -0.1) is 0 Å². The molecule has 30 heavy (non-hydrogen) atoms. The second-order valence-corrected chi connectivity index (χ2v) is 9.57. The fourth-order valence-corrected chi connectivity index (χ4v) is 5.47. The van der Waals surface area contributed by atoms with Crippen LogP contribution in [0.4, 0.5) is 5.69 Å². The van der Waals surface area contributed by atoms with Crippen molar-refractivity contribution >= 4 is 38.2 Å². The molecule has 1 aliphatic rings. The Morgan fingerprint density at radius 3 is 2.23 bits per heavy atom. The third-order valence-corrected chi connectivity index (χ3v) is 7.72. The average Bonchev–Trinajstić information content (AvgIpc) is 2.76. The van der Waals surface area contributed by atoms with Crippen molar-refractivity contribution in [2.45, 2.75) is 4.90 Å². The SMILES string of the molecule is Cn1c(=O)c2cc(S(=O)(=O)N3CCN(c4ccccc4Cl)CC3)ccc2n(C)c1=O. The minimum atomic E-state index is -3.78. The molecule has 158 valence electrons. The maximum atomic E-state index is 13.2. The van der Waals surface area contributed by atoms with E-state index in [1.807, 2.05) is 24.3 Å². The molecule has 1 aliphatic heterocycles. The number of aromatic nitrogens is 2. The Bertz CT molecular complexity index is 1360. The van der Waals surface area contributed by atoms with E-state index in [0.29, 0.717) is 36.7 Å². The molecule has 2 aromatic carbocycles. The third kappa shape index (κ3) is 3.32. The summed E-state index contributed by atoms with van der Waals surface area (Å²) in [6.07, 6.45) is 0. The molecule has 3 aromatic rings. The Kier molecular flexibility index (Phi) is 5.21. The number of rotatable bonds is 3. The first-order valence-corrected chi connectivity index (χ1v) is 11.2. The van der Waals surface area contributed by atoms with Crippen molar-refractivity contribution in [3.05, 3.63) is 68.3 Å². The summed E-state index contributed by atoms with van der Waals surface area (Å²) in [5.41, 5.74) is 0.296. The minimum Gasteiger partial charge on any atom is -0.368 e. The smallest absolute Gasteiger partial charge is 0.330 e. The molecular formula is C20H21ClN4O4S. The number of piperazine rings is 1. The van der Waals surface area contributed by atoms with Crippen molar-refractivity contribution in [3.8, 4) is 0 Å². The van der Waals surface area contributed by atoms with Crippen LogP contribution in [0.25, 0.3) is 10.9 Å². The lowest BCUT2D eigenvalue weighted by molar-refractivity contribution is 0.385. The molecule has 2 heterocycles. The van der Waals surface area contributed by atoms with Gasteiger partial charge in [-0.3, -0.25) is 13.9 Å². The lowest BCUT2D eigenvalue weighted by Gasteiger charge is -2.35. The van der Waals surface area contributed by atoms with Crippen LogP contribution in [0.1, 0.15) is 0 Å². The Labute approximate surface area is 178 Å². The number of sulfonamides is 1. The van der Waals surface area contributed by atoms with E-state index in [9.17, 15) is 18.0 Å². The van der Waals surface area contributed by atoms with Crippen LogP contribution in [-0.4, -0.2) is 48.0 Å². The molecule has 10 heteroatoms. The fourth-order valence-electron chi connectivity index (χ4n) is 3.76. The van der Waals surface area contributed by atoms with E-state index in [0.717, 1.165) is 10.3 Å². The highest BCUT2D eigenvalue weighted by molar-refractivity contribution is 7.89. The second-order valence-electron chi connectivity index (χ2n) is 7.23. The van der Waals surface area contributed by atoms with Gasteiger partial charge in [-0.2, -0.15) is 4.31 Å². The lowest BCUT2D eigenvalue weighted by Crippen LogP contribution is -2.48. The summed E-state index contributed by atoms with van der Waals surface area (Å²) in [5, 5.41) is 0.820. The van der Waals surface area contributed by atoms with E-state index < -0.39 is 21.3 Å². The van der Waals surface area contributed by atoms with Gasteiger partial charge in [0.1, 0.15) is 0 Å². The number of halogens is 1. The van der Waals surface area contributed by atoms with Gasteiger partial charge in [-0.25, -0.2) is 13.2 Å². The summed E-state index contributed by atoms with van der Waals surface area (Å²) >= 11 is 6.26. The van der Waals surface area contributed by atoms with Crippen LogP contribution >= 0.6 is 11.6 Å². The van der Waals surface area contributed by atoms with Crippen LogP contribution in [0.15, 0.2) is 56.9 Å². The molecule has 0 aliphatic carbocycles. The zero-order valence-corrected chi connectivity index (χ0v) is 18.2. The molecule has 1 fully saturated rings. The third-order valence-electron chi connectivity index (χ3n) is 5.51. The molecule has 1 saturated heterocycles. The van der Waals surface area contributed by atoms with Gasteiger partial charge in [0.05, 0.1) is 26.5 Å². The lowest BCUT2D eigenvalue weighted by atomic mass is 10.2. The minimum absolute atomic E-state index is 0.0388. The van der Waals surface area contributed by atoms with Gasteiger partial charge in [0, 0.05) is 40.3 Å². The molecule has 0 N–H and O–H groups in total. The molecule has 0 atom stereocenters. The van der Waals surface area contributed by atoms with E-state index in [2.05, 4.69) is 4.90 Å². The topological polar surface area (TPSA) is 84.6 Å². The van der Waals surface area contributed by atoms with Gasteiger partial charge < -0.3 is 4.90 Å². The number of benzene rings is 2. The first kappa shape index (κ1) is 20.6. The Balaban J connectivity index is 1.65. The van der Waals surface area contributed by atoms with Gasteiger partial charge in [-0.1, -0.05) is 23.7 Å². The van der Waals surface area contributed by atoms with Crippen molar-refractivity contribution in [3.63, 3.8) is 0 Å². The van der Waals surface area contributed by atoms with E-state index in [1.165, 1.54) is 34.1 Å². The number of anilines is 1. The van der Waals surface area contributed by atoms with Crippen molar-refractivity contribution in [2.75, 3.05) is 31.1 Å². The average molecular weight is 449 g/mol. The zero-order valence-electron chi connectivity index (χ0n) is 16.6. The molecule has 0 spiro atoms. The van der Waals surface area contributed by atoms with Crippen LogP contribution in [-0.2, 0) is 24.1 Å². The van der Waals surface area contributed by atoms with E-state index >= 15 is 0 Å². The molecule has 0 bridgehead atoms. The van der Waals surface area contributed by atoms with Crippen LogP contribution in [0, 0.1) is 0 Å². The Morgan fingerprint density at radius 2 is 1.57 bits per heavy atom. The quantitative estimate of drug-likeness (QED) is 0.604. The van der Waals surface area contributed by atoms with Crippen LogP contribution in [0.5, 0.6) is 0 Å². The molecule has 1 aromatic heterocycles. The predicted molar refractivity (Wildman–Crippen MR) is 117 cm³/mol. The second kappa shape index (κ2) is 7.57. The summed E-state index contributed by atoms with van der Waals surface area (Å²) in [6, 6.07) is 11.8. The normalized spacial score (nSPS) is 15.6. The molecule has 0 unspecified atom stereocenters. The maximum absolute atomic E-state index is 13.2. The highest BCUT2D eigenvalue weighted by Crippen LogP contribution is 2.27. The van der Waals surface area contributed by atoms with E-state index in [1.54, 1.807) is 7.05 Å². The zero-order chi connectivity index (χ0) is 21.6. The van der Waals surface area contributed by atoms with Gasteiger partial charge in [0.15, 0.2) is 0 Å². The van der Waals surface area contributed by atoms with Crippen molar-refractivity contribution < 1.29 is 8.42 Å². The van der Waals surface area contributed by atoms with Gasteiger partial charge in [0.2, 0.25) is 10.0 Å². The molecule has 0 amide bonds. The van der Waals surface area contributed by atoms with Crippen molar-refractivity contribution in [2.24, 2.45) is 14.1 Å². The van der Waals surface area contributed by atoms with E-state index in [4.69, 9.17) is 11.6 Å². The molecule has 4 rings (SSSR count).